The van der Waals surface area contributed by atoms with E-state index in [1.807, 2.05) is 0 Å². The van der Waals surface area contributed by atoms with Crippen molar-refractivity contribution in [2.45, 2.75) is 12.5 Å². The van der Waals surface area contributed by atoms with Gasteiger partial charge < -0.3 is 15.0 Å². The van der Waals surface area contributed by atoms with Crippen LogP contribution in [0, 0.1) is 0 Å². The average molecular weight is 255 g/mol. The fourth-order valence-electron chi connectivity index (χ4n) is 1.85. The first-order chi connectivity index (χ1) is 8.18. The van der Waals surface area contributed by atoms with Crippen LogP contribution in [0.1, 0.15) is 6.42 Å². The molecule has 1 saturated heterocycles. The summed E-state index contributed by atoms with van der Waals surface area (Å²) in [7, 11) is 0. The molecule has 6 nitrogen and oxygen atoms in total. The highest BCUT2D eigenvalue weighted by molar-refractivity contribution is 7.99. The van der Waals surface area contributed by atoms with Crippen molar-refractivity contribution in [2.24, 2.45) is 0 Å². The number of aromatic amines is 1. The van der Waals surface area contributed by atoms with Crippen LogP contribution in [-0.2, 0) is 4.79 Å². The van der Waals surface area contributed by atoms with Gasteiger partial charge in [-0.2, -0.15) is 11.8 Å². The Kier molecular flexibility index (Phi) is 3.68. The van der Waals surface area contributed by atoms with Gasteiger partial charge in [-0.1, -0.05) is 0 Å². The maximum atomic E-state index is 11.6. The third-order valence-electron chi connectivity index (χ3n) is 2.60. The van der Waals surface area contributed by atoms with Crippen LogP contribution in [0.15, 0.2) is 17.2 Å². The Morgan fingerprint density at radius 2 is 2.53 bits per heavy atom. The summed E-state index contributed by atoms with van der Waals surface area (Å²) in [5, 5.41) is 8.86. The van der Waals surface area contributed by atoms with E-state index < -0.39 is 5.97 Å². The van der Waals surface area contributed by atoms with Gasteiger partial charge in [0.1, 0.15) is 0 Å². The molecule has 2 N–H and O–H groups in total. The maximum Gasteiger partial charge on any atom is 0.305 e. The molecule has 17 heavy (non-hydrogen) atoms. The van der Waals surface area contributed by atoms with E-state index in [0.29, 0.717) is 18.1 Å². The molecule has 1 aromatic rings. The fourth-order valence-corrected chi connectivity index (χ4v) is 2.92. The quantitative estimate of drug-likeness (QED) is 0.800. The SMILES string of the molecule is O=C(O)CC1CSCCN1c1ncc[nH]c1=O. The minimum absolute atomic E-state index is 0.0308. The number of aliphatic carboxylic acids is 1. The van der Waals surface area contributed by atoms with Crippen molar-refractivity contribution >= 4 is 23.5 Å². The average Bonchev–Trinajstić information content (AvgIpc) is 2.30. The van der Waals surface area contributed by atoms with Crippen LogP contribution in [0.25, 0.3) is 0 Å². The highest BCUT2D eigenvalue weighted by Crippen LogP contribution is 2.21. The number of nitrogens with one attached hydrogen (secondary N) is 1. The molecule has 7 heteroatoms. The van der Waals surface area contributed by atoms with Crippen molar-refractivity contribution in [1.29, 1.82) is 0 Å². The number of thioether (sulfide) groups is 1. The van der Waals surface area contributed by atoms with Crippen LogP contribution in [0.5, 0.6) is 0 Å². The van der Waals surface area contributed by atoms with E-state index in [4.69, 9.17) is 5.11 Å². The lowest BCUT2D eigenvalue weighted by molar-refractivity contribution is -0.137. The van der Waals surface area contributed by atoms with Crippen molar-refractivity contribution in [3.63, 3.8) is 0 Å². The van der Waals surface area contributed by atoms with Crippen LogP contribution in [0.4, 0.5) is 5.82 Å². The minimum atomic E-state index is -0.852. The molecule has 0 saturated carbocycles. The number of carboxylic acid groups (broad SMARTS) is 1. The van der Waals surface area contributed by atoms with Crippen molar-refractivity contribution in [2.75, 3.05) is 23.0 Å². The number of carboxylic acids is 1. The Bertz CT molecular complexity index is 462. The lowest BCUT2D eigenvalue weighted by Crippen LogP contribution is -2.46. The molecule has 0 aliphatic carbocycles. The van der Waals surface area contributed by atoms with Crippen LogP contribution < -0.4 is 10.5 Å². The van der Waals surface area contributed by atoms with Gasteiger partial charge in [-0.15, -0.1) is 0 Å². The number of anilines is 1. The van der Waals surface area contributed by atoms with Gasteiger partial charge in [0.15, 0.2) is 5.82 Å². The van der Waals surface area contributed by atoms with Gasteiger partial charge in [-0.05, 0) is 0 Å². The van der Waals surface area contributed by atoms with E-state index in [1.54, 1.807) is 16.7 Å². The first-order valence-electron chi connectivity index (χ1n) is 5.28. The van der Waals surface area contributed by atoms with Gasteiger partial charge in [-0.3, -0.25) is 9.59 Å². The zero-order valence-electron chi connectivity index (χ0n) is 9.13. The third kappa shape index (κ3) is 2.79. The van der Waals surface area contributed by atoms with Gasteiger partial charge in [0.25, 0.3) is 5.56 Å². The van der Waals surface area contributed by atoms with E-state index in [2.05, 4.69) is 9.97 Å². The third-order valence-corrected chi connectivity index (χ3v) is 3.69. The van der Waals surface area contributed by atoms with Crippen molar-refractivity contribution in [3.05, 3.63) is 22.7 Å². The predicted molar refractivity (Wildman–Crippen MR) is 65.6 cm³/mol. The number of aromatic nitrogens is 2. The molecule has 1 atom stereocenters. The number of rotatable bonds is 3. The Labute approximate surface area is 102 Å². The predicted octanol–water partition coefficient (Wildman–Crippen LogP) is 0.166. The monoisotopic (exact) mass is 255 g/mol. The van der Waals surface area contributed by atoms with Crippen LogP contribution >= 0.6 is 11.8 Å². The lowest BCUT2D eigenvalue weighted by Gasteiger charge is -2.34. The zero-order valence-corrected chi connectivity index (χ0v) is 9.94. The second-order valence-corrected chi connectivity index (χ2v) is 4.91. The molecule has 0 radical (unpaired) electrons. The summed E-state index contributed by atoms with van der Waals surface area (Å²) in [6, 6.07) is -0.165. The molecule has 92 valence electrons. The fraction of sp³-hybridized carbons (Fsp3) is 0.500. The molecular weight excluding hydrogens is 242 g/mol. The largest absolute Gasteiger partial charge is 0.481 e. The van der Waals surface area contributed by atoms with E-state index >= 15 is 0 Å². The molecule has 0 amide bonds. The van der Waals surface area contributed by atoms with Crippen molar-refractivity contribution in [3.8, 4) is 0 Å². The molecule has 1 unspecified atom stereocenters. The molecule has 0 bridgehead atoms. The van der Waals surface area contributed by atoms with Gasteiger partial charge >= 0.3 is 5.97 Å². The second-order valence-electron chi connectivity index (χ2n) is 3.76. The summed E-state index contributed by atoms with van der Waals surface area (Å²) in [5.41, 5.74) is -0.269. The maximum absolute atomic E-state index is 11.6. The van der Waals surface area contributed by atoms with Gasteiger partial charge in [0, 0.05) is 30.4 Å². The van der Waals surface area contributed by atoms with Crippen LogP contribution in [-0.4, -0.2) is 45.1 Å². The lowest BCUT2D eigenvalue weighted by atomic mass is 10.2. The minimum Gasteiger partial charge on any atom is -0.481 e. The number of nitrogens with zero attached hydrogens (tertiary/aromatic N) is 2. The standard InChI is InChI=1S/C10H13N3O3S/c14-8(15)5-7-6-17-4-3-13(7)9-10(16)12-2-1-11-9/h1-2,7H,3-6H2,(H,12,16)(H,14,15). The summed E-state index contributed by atoms with van der Waals surface area (Å²) in [4.78, 5) is 30.8. The van der Waals surface area contributed by atoms with Gasteiger partial charge in [0.05, 0.1) is 12.5 Å². The summed E-state index contributed by atoms with van der Waals surface area (Å²) < 4.78 is 0. The number of carbonyl (C=O) groups is 1. The topological polar surface area (TPSA) is 86.3 Å². The van der Waals surface area contributed by atoms with Gasteiger partial charge in [0.2, 0.25) is 0 Å². The summed E-state index contributed by atoms with van der Waals surface area (Å²) in [6.45, 7) is 0.655. The van der Waals surface area contributed by atoms with E-state index in [1.165, 1.54) is 12.4 Å². The Hall–Kier alpha value is -1.50. The van der Waals surface area contributed by atoms with Gasteiger partial charge in [-0.25, -0.2) is 4.98 Å². The number of H-pyrrole nitrogens is 1. The highest BCUT2D eigenvalue weighted by Gasteiger charge is 2.27. The summed E-state index contributed by atoms with van der Waals surface area (Å²) >= 11 is 1.70. The summed E-state index contributed by atoms with van der Waals surface area (Å²) in [5.74, 6) is 1.06. The highest BCUT2D eigenvalue weighted by atomic mass is 32.2. The molecule has 1 aliphatic heterocycles. The number of hydrogen-bond acceptors (Lipinski definition) is 5. The van der Waals surface area contributed by atoms with E-state index in [-0.39, 0.29) is 18.0 Å². The zero-order chi connectivity index (χ0) is 12.3. The Morgan fingerprint density at radius 1 is 1.71 bits per heavy atom. The van der Waals surface area contributed by atoms with Crippen molar-refractivity contribution < 1.29 is 9.90 Å². The van der Waals surface area contributed by atoms with E-state index in [9.17, 15) is 9.59 Å². The Morgan fingerprint density at radius 3 is 3.24 bits per heavy atom. The molecule has 1 fully saturated rings. The smallest absolute Gasteiger partial charge is 0.305 e. The van der Waals surface area contributed by atoms with Crippen LogP contribution in [0.3, 0.4) is 0 Å². The molecule has 1 aliphatic rings. The molecule has 2 rings (SSSR count). The molecule has 0 spiro atoms. The second kappa shape index (κ2) is 5.22. The molecular formula is C10H13N3O3S. The molecule has 2 heterocycles. The van der Waals surface area contributed by atoms with E-state index in [0.717, 1.165) is 5.75 Å². The first kappa shape index (κ1) is 12.0. The molecule has 0 aromatic carbocycles. The van der Waals surface area contributed by atoms with Crippen LogP contribution in [0.2, 0.25) is 0 Å². The van der Waals surface area contributed by atoms with Crippen molar-refractivity contribution in [1.82, 2.24) is 9.97 Å². The Balaban J connectivity index is 2.25. The first-order valence-corrected chi connectivity index (χ1v) is 6.44. The normalized spacial score (nSPS) is 20.2. The molecule has 1 aromatic heterocycles. The summed E-state index contributed by atoms with van der Waals surface area (Å²) in [6.07, 6.45) is 3.01. The number of hydrogen-bond donors (Lipinski definition) is 2.